The van der Waals surface area contributed by atoms with Crippen LogP contribution in [0.3, 0.4) is 0 Å². The first-order chi connectivity index (χ1) is 9.81. The summed E-state index contributed by atoms with van der Waals surface area (Å²) in [7, 11) is 0. The van der Waals surface area contributed by atoms with Crippen molar-refractivity contribution in [1.82, 2.24) is 10.3 Å². The monoisotopic (exact) mass is 290 g/mol. The summed E-state index contributed by atoms with van der Waals surface area (Å²) in [5, 5.41) is 4.59. The lowest BCUT2D eigenvalue weighted by molar-refractivity contribution is 0.312. The fourth-order valence-electron chi connectivity index (χ4n) is 2.01. The second-order valence-electron chi connectivity index (χ2n) is 4.69. The number of aromatic nitrogens is 1. The Morgan fingerprint density at radius 1 is 1.30 bits per heavy atom. The van der Waals surface area contributed by atoms with Gasteiger partial charge < -0.3 is 10.1 Å². The van der Waals surface area contributed by atoms with E-state index in [0.29, 0.717) is 12.6 Å². The molecule has 0 aliphatic carbocycles. The van der Waals surface area contributed by atoms with Crippen LogP contribution in [-0.2, 0) is 0 Å². The molecule has 0 saturated carbocycles. The quantitative estimate of drug-likeness (QED) is 0.756. The van der Waals surface area contributed by atoms with E-state index in [-0.39, 0.29) is 0 Å². The summed E-state index contributed by atoms with van der Waals surface area (Å²) in [6.07, 6.45) is 1.80. The smallest absolute Gasteiger partial charge is 0.145 e. The second kappa shape index (κ2) is 8.12. The molecular weight excluding hydrogens is 268 g/mol. The van der Waals surface area contributed by atoms with Gasteiger partial charge in [0.25, 0.3) is 0 Å². The summed E-state index contributed by atoms with van der Waals surface area (Å²) < 4.78 is 5.84. The molecule has 0 fully saturated rings. The van der Waals surface area contributed by atoms with E-state index in [1.54, 1.807) is 6.20 Å². The van der Waals surface area contributed by atoms with Crippen molar-refractivity contribution in [2.75, 3.05) is 24.7 Å². The molecule has 2 rings (SSSR count). The molecule has 0 radical (unpaired) electrons. The maximum absolute atomic E-state index is 5.84. The zero-order valence-corrected chi connectivity index (χ0v) is 13.0. The fourth-order valence-corrected chi connectivity index (χ4v) is 2.72. The number of rotatable bonds is 8. The largest absolute Gasteiger partial charge is 0.490 e. The third kappa shape index (κ3) is 4.39. The summed E-state index contributed by atoms with van der Waals surface area (Å²) >= 11 is 1.96. The van der Waals surface area contributed by atoms with Gasteiger partial charge in [0.05, 0.1) is 0 Å². The highest BCUT2D eigenvalue weighted by molar-refractivity contribution is 7.99. The van der Waals surface area contributed by atoms with Crippen molar-refractivity contribution in [2.24, 2.45) is 0 Å². The third-order valence-corrected chi connectivity index (χ3v) is 4.16. The zero-order chi connectivity index (χ0) is 14.2. The van der Waals surface area contributed by atoms with Crippen LogP contribution < -0.4 is 10.1 Å². The summed E-state index contributed by atoms with van der Waals surface area (Å²) in [6.45, 7) is 5.92. The van der Waals surface area contributed by atoms with E-state index in [0.717, 1.165) is 29.0 Å². The van der Waals surface area contributed by atoms with E-state index in [1.165, 1.54) is 5.75 Å². The molecule has 0 aliphatic heterocycles. The Bertz CT molecular complexity index is 527. The Morgan fingerprint density at radius 3 is 3.00 bits per heavy atom. The normalized spacial score (nSPS) is 12.5. The summed E-state index contributed by atoms with van der Waals surface area (Å²) in [4.78, 5) is 4.39. The molecule has 0 amide bonds. The predicted octanol–water partition coefficient (Wildman–Crippen LogP) is 3.34. The minimum Gasteiger partial charge on any atom is -0.490 e. The van der Waals surface area contributed by atoms with Crippen LogP contribution in [0.15, 0.2) is 36.5 Å². The van der Waals surface area contributed by atoms with Crippen molar-refractivity contribution in [3.8, 4) is 5.75 Å². The van der Waals surface area contributed by atoms with Gasteiger partial charge in [-0.05, 0) is 24.8 Å². The summed E-state index contributed by atoms with van der Waals surface area (Å²) in [6, 6.07) is 10.6. The first-order valence-corrected chi connectivity index (χ1v) is 8.24. The number of para-hydroxylation sites is 1. The van der Waals surface area contributed by atoms with E-state index in [4.69, 9.17) is 4.74 Å². The molecule has 1 aromatic carbocycles. The Balaban J connectivity index is 1.81. The fraction of sp³-hybridized carbons (Fsp3) is 0.438. The molecular formula is C16H22N2OS. The lowest BCUT2D eigenvalue weighted by Crippen LogP contribution is -2.32. The Labute approximate surface area is 125 Å². The van der Waals surface area contributed by atoms with E-state index < -0.39 is 0 Å². The van der Waals surface area contributed by atoms with E-state index in [2.05, 4.69) is 36.3 Å². The van der Waals surface area contributed by atoms with Crippen LogP contribution in [0.1, 0.15) is 13.8 Å². The van der Waals surface area contributed by atoms with Crippen LogP contribution >= 0.6 is 11.8 Å². The summed E-state index contributed by atoms with van der Waals surface area (Å²) in [5.41, 5.74) is 0.935. The number of thioether (sulfide) groups is 1. The van der Waals surface area contributed by atoms with Gasteiger partial charge in [-0.2, -0.15) is 11.8 Å². The van der Waals surface area contributed by atoms with Crippen molar-refractivity contribution in [2.45, 2.75) is 19.9 Å². The SMILES string of the molecule is CCSC[C@@H](C)NCCOc1cccc2cccnc12. The van der Waals surface area contributed by atoms with Crippen molar-refractivity contribution in [1.29, 1.82) is 0 Å². The topological polar surface area (TPSA) is 34.1 Å². The van der Waals surface area contributed by atoms with E-state index >= 15 is 0 Å². The van der Waals surface area contributed by atoms with Gasteiger partial charge in [-0.25, -0.2) is 0 Å². The van der Waals surface area contributed by atoms with Gasteiger partial charge in [0, 0.05) is 29.9 Å². The maximum atomic E-state index is 5.84. The average molecular weight is 290 g/mol. The van der Waals surface area contributed by atoms with Crippen molar-refractivity contribution < 1.29 is 4.74 Å². The molecule has 4 heteroatoms. The van der Waals surface area contributed by atoms with Crippen molar-refractivity contribution in [3.05, 3.63) is 36.5 Å². The molecule has 1 N–H and O–H groups in total. The second-order valence-corrected chi connectivity index (χ2v) is 6.01. The molecule has 1 atom stereocenters. The predicted molar refractivity (Wildman–Crippen MR) is 87.7 cm³/mol. The van der Waals surface area contributed by atoms with Gasteiger partial charge in [-0.15, -0.1) is 0 Å². The molecule has 2 aromatic rings. The Morgan fingerprint density at radius 2 is 2.15 bits per heavy atom. The third-order valence-electron chi connectivity index (χ3n) is 3.02. The van der Waals surface area contributed by atoms with Crippen LogP contribution in [0.25, 0.3) is 10.9 Å². The Hall–Kier alpha value is -1.26. The molecule has 20 heavy (non-hydrogen) atoms. The lowest BCUT2D eigenvalue weighted by Gasteiger charge is -2.14. The van der Waals surface area contributed by atoms with Gasteiger partial charge in [0.1, 0.15) is 17.9 Å². The molecule has 0 saturated heterocycles. The van der Waals surface area contributed by atoms with Gasteiger partial charge in [0.15, 0.2) is 0 Å². The molecule has 0 bridgehead atoms. The molecule has 1 aromatic heterocycles. The van der Waals surface area contributed by atoms with Crippen LogP contribution in [0.2, 0.25) is 0 Å². The number of nitrogens with zero attached hydrogens (tertiary/aromatic N) is 1. The standard InChI is InChI=1S/C16H22N2OS/c1-3-20-12-13(2)17-10-11-19-15-8-4-6-14-7-5-9-18-16(14)15/h4-9,13,17H,3,10-12H2,1-2H3/t13-/m1/s1. The highest BCUT2D eigenvalue weighted by Crippen LogP contribution is 2.22. The number of pyridine rings is 1. The minimum absolute atomic E-state index is 0.522. The molecule has 1 heterocycles. The van der Waals surface area contributed by atoms with Crippen molar-refractivity contribution in [3.63, 3.8) is 0 Å². The van der Waals surface area contributed by atoms with Crippen molar-refractivity contribution >= 4 is 22.7 Å². The van der Waals surface area contributed by atoms with Crippen LogP contribution in [0.5, 0.6) is 5.75 Å². The number of benzene rings is 1. The molecule has 108 valence electrons. The Kier molecular flexibility index (Phi) is 6.15. The van der Waals surface area contributed by atoms with Gasteiger partial charge in [-0.1, -0.05) is 25.1 Å². The van der Waals surface area contributed by atoms with Crippen LogP contribution in [0.4, 0.5) is 0 Å². The van der Waals surface area contributed by atoms with E-state index in [9.17, 15) is 0 Å². The summed E-state index contributed by atoms with van der Waals surface area (Å²) in [5.74, 6) is 3.18. The number of nitrogens with one attached hydrogen (secondary N) is 1. The van der Waals surface area contributed by atoms with Crippen LogP contribution in [0, 0.1) is 0 Å². The number of hydrogen-bond donors (Lipinski definition) is 1. The highest BCUT2D eigenvalue weighted by Gasteiger charge is 2.03. The number of fused-ring (bicyclic) bond motifs is 1. The molecule has 0 aliphatic rings. The molecule has 0 unspecified atom stereocenters. The first-order valence-electron chi connectivity index (χ1n) is 7.09. The highest BCUT2D eigenvalue weighted by atomic mass is 32.2. The molecule has 3 nitrogen and oxygen atoms in total. The number of ether oxygens (including phenoxy) is 1. The minimum atomic E-state index is 0.522. The lowest BCUT2D eigenvalue weighted by atomic mass is 10.2. The van der Waals surface area contributed by atoms with Gasteiger partial charge >= 0.3 is 0 Å². The average Bonchev–Trinajstić information content (AvgIpc) is 2.49. The van der Waals surface area contributed by atoms with E-state index in [1.807, 2.05) is 30.0 Å². The van der Waals surface area contributed by atoms with Gasteiger partial charge in [0.2, 0.25) is 0 Å². The first kappa shape index (κ1) is 15.1. The van der Waals surface area contributed by atoms with Crippen LogP contribution in [-0.4, -0.2) is 35.7 Å². The maximum Gasteiger partial charge on any atom is 0.145 e. The number of hydrogen-bond acceptors (Lipinski definition) is 4. The zero-order valence-electron chi connectivity index (χ0n) is 12.1. The molecule has 0 spiro atoms. The van der Waals surface area contributed by atoms with Gasteiger partial charge in [-0.3, -0.25) is 4.98 Å².